The Morgan fingerprint density at radius 2 is 1.96 bits per heavy atom. The lowest BCUT2D eigenvalue weighted by molar-refractivity contribution is 0.140. The molecule has 0 radical (unpaired) electrons. The minimum atomic E-state index is 0.254. The second-order valence-corrected chi connectivity index (χ2v) is 7.55. The van der Waals surface area contributed by atoms with Crippen LogP contribution in [0.4, 0.5) is 0 Å². The standard InChI is InChI=1S/C22H25N3O2/c1-26-21-9-5-3-7-17(21)22-18-14-25(11-10-19(18)23-24-22)13-16-12-15-6-2-4-8-20(15)27-16/h2-9,12,18-19,22-24H,10-11,13-14H2,1H3. The van der Waals surface area contributed by atoms with Gasteiger partial charge in [0.15, 0.2) is 0 Å². The number of hydrazine groups is 1. The van der Waals surface area contributed by atoms with Crippen LogP contribution in [-0.4, -0.2) is 31.1 Å². The van der Waals surface area contributed by atoms with Gasteiger partial charge in [0, 0.05) is 36.0 Å². The van der Waals surface area contributed by atoms with Crippen LogP contribution in [0.1, 0.15) is 23.8 Å². The van der Waals surface area contributed by atoms with E-state index < -0.39 is 0 Å². The zero-order valence-electron chi connectivity index (χ0n) is 15.5. The van der Waals surface area contributed by atoms with Crippen molar-refractivity contribution in [3.63, 3.8) is 0 Å². The summed E-state index contributed by atoms with van der Waals surface area (Å²) < 4.78 is 11.6. The molecular formula is C22H25N3O2. The number of rotatable bonds is 4. The van der Waals surface area contributed by atoms with Gasteiger partial charge in [-0.15, -0.1) is 0 Å². The molecule has 0 aliphatic carbocycles. The molecule has 0 saturated carbocycles. The Labute approximate surface area is 159 Å². The first kappa shape index (κ1) is 16.8. The van der Waals surface area contributed by atoms with E-state index in [2.05, 4.69) is 46.1 Å². The number of furan rings is 1. The van der Waals surface area contributed by atoms with Crippen LogP contribution in [0.25, 0.3) is 11.0 Å². The molecule has 2 aliphatic rings. The summed E-state index contributed by atoms with van der Waals surface area (Å²) in [6.45, 7) is 2.96. The van der Waals surface area contributed by atoms with Gasteiger partial charge < -0.3 is 9.15 Å². The molecule has 0 amide bonds. The van der Waals surface area contributed by atoms with E-state index in [-0.39, 0.29) is 6.04 Å². The van der Waals surface area contributed by atoms with Crippen LogP contribution < -0.4 is 15.6 Å². The normalized spacial score (nSPS) is 25.6. The van der Waals surface area contributed by atoms with E-state index in [1.807, 2.05) is 24.3 Å². The van der Waals surface area contributed by atoms with Crippen molar-refractivity contribution >= 4 is 11.0 Å². The molecule has 5 nitrogen and oxygen atoms in total. The van der Waals surface area contributed by atoms with Crippen LogP contribution >= 0.6 is 0 Å². The highest BCUT2D eigenvalue weighted by Crippen LogP contribution is 2.37. The van der Waals surface area contributed by atoms with E-state index in [1.54, 1.807) is 7.11 Å². The third-order valence-corrected chi connectivity index (χ3v) is 5.92. The molecule has 1 aromatic heterocycles. The number of benzene rings is 2. The Morgan fingerprint density at radius 1 is 1.11 bits per heavy atom. The van der Waals surface area contributed by atoms with Crippen LogP contribution in [0.3, 0.4) is 0 Å². The highest BCUT2D eigenvalue weighted by molar-refractivity contribution is 5.77. The second-order valence-electron chi connectivity index (χ2n) is 7.55. The van der Waals surface area contributed by atoms with Crippen LogP contribution in [-0.2, 0) is 6.54 Å². The predicted molar refractivity (Wildman–Crippen MR) is 105 cm³/mol. The molecule has 0 bridgehead atoms. The van der Waals surface area contributed by atoms with E-state index in [9.17, 15) is 0 Å². The van der Waals surface area contributed by atoms with Crippen molar-refractivity contribution in [3.05, 3.63) is 65.9 Å². The molecular weight excluding hydrogens is 338 g/mol. The van der Waals surface area contributed by atoms with Gasteiger partial charge in [0.25, 0.3) is 0 Å². The number of piperidine rings is 1. The number of para-hydroxylation sites is 2. The van der Waals surface area contributed by atoms with Gasteiger partial charge in [0.1, 0.15) is 17.1 Å². The van der Waals surface area contributed by atoms with Crippen molar-refractivity contribution in [2.24, 2.45) is 5.92 Å². The summed E-state index contributed by atoms with van der Waals surface area (Å²) in [5.74, 6) is 2.49. The fraction of sp³-hybridized carbons (Fsp3) is 0.364. The Balaban J connectivity index is 1.34. The lowest BCUT2D eigenvalue weighted by atomic mass is 9.84. The van der Waals surface area contributed by atoms with Crippen LogP contribution in [0.15, 0.2) is 59.0 Å². The molecule has 0 spiro atoms. The molecule has 5 rings (SSSR count). The number of hydrogen-bond donors (Lipinski definition) is 2. The maximum absolute atomic E-state index is 6.04. The summed E-state index contributed by atoms with van der Waals surface area (Å²) in [5, 5.41) is 1.18. The fourth-order valence-electron chi connectivity index (χ4n) is 4.58. The summed E-state index contributed by atoms with van der Waals surface area (Å²) >= 11 is 0. The van der Waals surface area contributed by atoms with Gasteiger partial charge in [-0.05, 0) is 24.6 Å². The zero-order chi connectivity index (χ0) is 18.2. The lowest BCUT2D eigenvalue weighted by Crippen LogP contribution is -2.45. The monoisotopic (exact) mass is 363 g/mol. The van der Waals surface area contributed by atoms with E-state index in [0.717, 1.165) is 43.1 Å². The van der Waals surface area contributed by atoms with Gasteiger partial charge in [-0.1, -0.05) is 36.4 Å². The average molecular weight is 363 g/mol. The predicted octanol–water partition coefficient (Wildman–Crippen LogP) is 3.48. The molecule has 3 atom stereocenters. The van der Waals surface area contributed by atoms with Crippen molar-refractivity contribution in [1.29, 1.82) is 0 Å². The van der Waals surface area contributed by atoms with Crippen molar-refractivity contribution < 1.29 is 9.15 Å². The largest absolute Gasteiger partial charge is 0.496 e. The first-order valence-electron chi connectivity index (χ1n) is 9.65. The van der Waals surface area contributed by atoms with Crippen molar-refractivity contribution in [2.75, 3.05) is 20.2 Å². The number of fused-ring (bicyclic) bond motifs is 2. The number of likely N-dealkylation sites (tertiary alicyclic amines) is 1. The number of hydrogen-bond acceptors (Lipinski definition) is 5. The Kier molecular flexibility index (Phi) is 4.36. The maximum atomic E-state index is 6.04. The fourth-order valence-corrected chi connectivity index (χ4v) is 4.58. The summed E-state index contributed by atoms with van der Waals surface area (Å²) in [5.41, 5.74) is 9.22. The molecule has 5 heteroatoms. The third-order valence-electron chi connectivity index (χ3n) is 5.92. The molecule has 27 heavy (non-hydrogen) atoms. The molecule has 3 aromatic rings. The molecule has 140 valence electrons. The van der Waals surface area contributed by atoms with Crippen LogP contribution in [0, 0.1) is 5.92 Å². The molecule has 3 unspecified atom stereocenters. The van der Waals surface area contributed by atoms with Gasteiger partial charge in [-0.2, -0.15) is 0 Å². The Morgan fingerprint density at radius 3 is 2.85 bits per heavy atom. The van der Waals surface area contributed by atoms with E-state index in [0.29, 0.717) is 12.0 Å². The smallest absolute Gasteiger partial charge is 0.134 e. The average Bonchev–Trinajstić information content (AvgIpc) is 3.31. The molecule has 2 saturated heterocycles. The first-order valence-corrected chi connectivity index (χ1v) is 9.65. The lowest BCUT2D eigenvalue weighted by Gasteiger charge is -2.35. The molecule has 2 N–H and O–H groups in total. The Bertz CT molecular complexity index is 905. The van der Waals surface area contributed by atoms with Crippen LogP contribution in [0.2, 0.25) is 0 Å². The second kappa shape index (κ2) is 7.00. The first-order chi connectivity index (χ1) is 13.3. The minimum Gasteiger partial charge on any atom is -0.496 e. The van der Waals surface area contributed by atoms with E-state index in [4.69, 9.17) is 9.15 Å². The van der Waals surface area contributed by atoms with Crippen molar-refractivity contribution in [1.82, 2.24) is 15.8 Å². The quantitative estimate of drug-likeness (QED) is 0.743. The maximum Gasteiger partial charge on any atom is 0.134 e. The highest BCUT2D eigenvalue weighted by Gasteiger charge is 2.41. The van der Waals surface area contributed by atoms with Gasteiger partial charge in [-0.3, -0.25) is 10.3 Å². The van der Waals surface area contributed by atoms with E-state index in [1.165, 1.54) is 10.9 Å². The zero-order valence-corrected chi connectivity index (χ0v) is 15.5. The van der Waals surface area contributed by atoms with Crippen LogP contribution in [0.5, 0.6) is 5.75 Å². The summed E-state index contributed by atoms with van der Waals surface area (Å²) in [4.78, 5) is 2.51. The van der Waals surface area contributed by atoms with Crippen molar-refractivity contribution in [2.45, 2.75) is 25.0 Å². The number of methoxy groups -OCH3 is 1. The van der Waals surface area contributed by atoms with E-state index >= 15 is 0 Å². The summed E-state index contributed by atoms with van der Waals surface area (Å²) in [6, 6.07) is 19.5. The number of nitrogens with one attached hydrogen (secondary N) is 2. The molecule has 3 heterocycles. The topological polar surface area (TPSA) is 49.7 Å². The van der Waals surface area contributed by atoms with Gasteiger partial charge in [0.2, 0.25) is 0 Å². The molecule has 2 aromatic carbocycles. The summed E-state index contributed by atoms with van der Waals surface area (Å²) in [6.07, 6.45) is 1.13. The number of ether oxygens (including phenoxy) is 1. The number of nitrogens with zero attached hydrogens (tertiary/aromatic N) is 1. The van der Waals surface area contributed by atoms with Crippen molar-refractivity contribution in [3.8, 4) is 5.75 Å². The molecule has 2 aliphatic heterocycles. The Hall–Kier alpha value is -2.34. The van der Waals surface area contributed by atoms with Gasteiger partial charge in [-0.25, -0.2) is 5.43 Å². The minimum absolute atomic E-state index is 0.254. The molecule has 2 fully saturated rings. The van der Waals surface area contributed by atoms with Gasteiger partial charge in [0.05, 0.1) is 19.7 Å². The summed E-state index contributed by atoms with van der Waals surface area (Å²) in [7, 11) is 1.74. The third kappa shape index (κ3) is 3.12. The highest BCUT2D eigenvalue weighted by atomic mass is 16.5. The SMILES string of the molecule is COc1ccccc1C1NNC2CCN(Cc3cc4ccccc4o3)CC21. The van der Waals surface area contributed by atoms with Gasteiger partial charge >= 0.3 is 0 Å².